The number of carbonyl (C=O) groups is 1. The fraction of sp³-hybridized carbons (Fsp3) is 0.0952. The number of nitrogens with zero attached hydrogens (tertiary/aromatic N) is 1. The first-order chi connectivity index (χ1) is 15.4. The monoisotopic (exact) mass is 536 g/mol. The quantitative estimate of drug-likeness (QED) is 0.390. The first kappa shape index (κ1) is 25.2. The minimum absolute atomic E-state index is 0.0461. The third kappa shape index (κ3) is 5.92. The van der Waals surface area contributed by atoms with Crippen LogP contribution in [-0.4, -0.2) is 20.9 Å². The molecule has 0 aliphatic carbocycles. The highest BCUT2D eigenvalue weighted by atomic mass is 35.5. The second kappa shape index (κ2) is 9.80. The third-order valence-corrected chi connectivity index (χ3v) is 7.01. The topological polar surface area (TPSA) is 66.5 Å². The van der Waals surface area contributed by atoms with Crippen LogP contribution in [0.1, 0.15) is 5.56 Å². The van der Waals surface area contributed by atoms with Crippen LogP contribution in [-0.2, 0) is 21.0 Å². The lowest BCUT2D eigenvalue weighted by atomic mass is 10.2. The molecule has 0 bridgehead atoms. The van der Waals surface area contributed by atoms with Crippen molar-refractivity contribution < 1.29 is 26.4 Å². The van der Waals surface area contributed by atoms with Crippen molar-refractivity contribution in [2.24, 2.45) is 0 Å². The zero-order valence-electron chi connectivity index (χ0n) is 16.4. The van der Waals surface area contributed by atoms with Crippen LogP contribution < -0.4 is 9.62 Å². The summed E-state index contributed by atoms with van der Waals surface area (Å²) in [4.78, 5) is 12.6. The van der Waals surface area contributed by atoms with E-state index in [0.29, 0.717) is 6.07 Å². The smallest absolute Gasteiger partial charge is 0.323 e. The molecule has 0 heterocycles. The van der Waals surface area contributed by atoms with E-state index in [9.17, 15) is 26.4 Å². The Morgan fingerprint density at radius 1 is 0.909 bits per heavy atom. The number of hydrogen-bond acceptors (Lipinski definition) is 3. The third-order valence-electron chi connectivity index (χ3n) is 4.36. The molecule has 0 saturated heterocycles. The number of benzene rings is 3. The molecule has 0 aromatic heterocycles. The largest absolute Gasteiger partial charge is 0.416 e. The first-order valence-corrected chi connectivity index (χ1v) is 11.7. The molecule has 1 amide bonds. The molecule has 1 N–H and O–H groups in total. The second-order valence-electron chi connectivity index (χ2n) is 6.66. The van der Waals surface area contributed by atoms with Crippen molar-refractivity contribution in [1.82, 2.24) is 0 Å². The van der Waals surface area contributed by atoms with Crippen LogP contribution in [0.15, 0.2) is 71.6 Å². The summed E-state index contributed by atoms with van der Waals surface area (Å²) in [6, 6.07) is 13.7. The maximum atomic E-state index is 13.3. The zero-order chi connectivity index (χ0) is 24.4. The summed E-state index contributed by atoms with van der Waals surface area (Å²) in [6.07, 6.45) is -4.66. The Bertz CT molecular complexity index is 1290. The molecule has 3 rings (SSSR count). The second-order valence-corrected chi connectivity index (χ2v) is 9.77. The summed E-state index contributed by atoms with van der Waals surface area (Å²) in [5.41, 5.74) is -1.40. The Hall–Kier alpha value is -2.46. The molecule has 0 aliphatic heterocycles. The number of carbonyl (C=O) groups excluding carboxylic acids is 1. The van der Waals surface area contributed by atoms with E-state index in [0.717, 1.165) is 16.4 Å². The van der Waals surface area contributed by atoms with Gasteiger partial charge >= 0.3 is 6.18 Å². The normalized spacial score (nSPS) is 11.8. The number of nitrogens with one attached hydrogen (secondary N) is 1. The van der Waals surface area contributed by atoms with E-state index in [4.69, 9.17) is 34.8 Å². The van der Waals surface area contributed by atoms with Crippen LogP contribution in [0.2, 0.25) is 15.1 Å². The Kier molecular flexibility index (Phi) is 7.48. The molecule has 0 unspecified atom stereocenters. The average molecular weight is 538 g/mol. The number of hydrogen-bond donors (Lipinski definition) is 1. The number of sulfonamides is 1. The Labute approximate surface area is 202 Å². The van der Waals surface area contributed by atoms with Crippen molar-refractivity contribution in [3.63, 3.8) is 0 Å². The van der Waals surface area contributed by atoms with Gasteiger partial charge in [-0.05, 0) is 48.5 Å². The molecule has 0 spiro atoms. The van der Waals surface area contributed by atoms with Gasteiger partial charge in [0.2, 0.25) is 5.91 Å². The summed E-state index contributed by atoms with van der Waals surface area (Å²) < 4.78 is 66.4. The molecule has 3 aromatic rings. The minimum Gasteiger partial charge on any atom is -0.323 e. The van der Waals surface area contributed by atoms with Gasteiger partial charge in [0.05, 0.1) is 31.9 Å². The lowest BCUT2D eigenvalue weighted by Gasteiger charge is -2.25. The Balaban J connectivity index is 1.98. The van der Waals surface area contributed by atoms with Crippen molar-refractivity contribution in [3.05, 3.63) is 87.4 Å². The first-order valence-electron chi connectivity index (χ1n) is 9.09. The van der Waals surface area contributed by atoms with Gasteiger partial charge in [0.1, 0.15) is 6.54 Å². The van der Waals surface area contributed by atoms with Gasteiger partial charge in [-0.2, -0.15) is 13.2 Å². The molecule has 33 heavy (non-hydrogen) atoms. The van der Waals surface area contributed by atoms with E-state index in [-0.39, 0.29) is 31.3 Å². The van der Waals surface area contributed by atoms with E-state index >= 15 is 0 Å². The van der Waals surface area contributed by atoms with Crippen LogP contribution in [0, 0.1) is 0 Å². The predicted molar refractivity (Wildman–Crippen MR) is 123 cm³/mol. The molecule has 5 nitrogen and oxygen atoms in total. The van der Waals surface area contributed by atoms with Crippen LogP contribution >= 0.6 is 34.8 Å². The van der Waals surface area contributed by atoms with Crippen LogP contribution in [0.4, 0.5) is 24.5 Å². The molecule has 12 heteroatoms. The van der Waals surface area contributed by atoms with Gasteiger partial charge in [0, 0.05) is 5.02 Å². The van der Waals surface area contributed by atoms with E-state index < -0.39 is 34.2 Å². The highest BCUT2D eigenvalue weighted by Gasteiger charge is 2.32. The lowest BCUT2D eigenvalue weighted by Crippen LogP contribution is -2.38. The highest BCUT2D eigenvalue weighted by Crippen LogP contribution is 2.35. The average Bonchev–Trinajstić information content (AvgIpc) is 2.74. The molecule has 3 aromatic carbocycles. The van der Waals surface area contributed by atoms with Crippen LogP contribution in [0.3, 0.4) is 0 Å². The lowest BCUT2D eigenvalue weighted by molar-refractivity contribution is -0.137. The van der Waals surface area contributed by atoms with Gasteiger partial charge < -0.3 is 5.32 Å². The molecular formula is C21H14Cl3F3N2O3S. The van der Waals surface area contributed by atoms with E-state index in [1.807, 2.05) is 0 Å². The molecule has 174 valence electrons. The van der Waals surface area contributed by atoms with Crippen molar-refractivity contribution in [3.8, 4) is 0 Å². The molecular weight excluding hydrogens is 524 g/mol. The Morgan fingerprint density at radius 2 is 1.58 bits per heavy atom. The summed E-state index contributed by atoms with van der Waals surface area (Å²) in [5.74, 6) is -0.943. The highest BCUT2D eigenvalue weighted by molar-refractivity contribution is 7.92. The van der Waals surface area contributed by atoms with Gasteiger partial charge in [0.25, 0.3) is 10.0 Å². The van der Waals surface area contributed by atoms with Crippen molar-refractivity contribution in [2.75, 3.05) is 16.2 Å². The molecule has 0 saturated carbocycles. The molecule has 0 atom stereocenters. The van der Waals surface area contributed by atoms with Gasteiger partial charge in [-0.3, -0.25) is 9.10 Å². The summed E-state index contributed by atoms with van der Waals surface area (Å²) >= 11 is 18.0. The van der Waals surface area contributed by atoms with Crippen molar-refractivity contribution in [1.29, 1.82) is 0 Å². The maximum absolute atomic E-state index is 13.3. The fourth-order valence-corrected chi connectivity index (χ4v) is 5.01. The van der Waals surface area contributed by atoms with E-state index in [1.54, 1.807) is 6.07 Å². The summed E-state index contributed by atoms with van der Waals surface area (Å²) in [5, 5.41) is 2.26. The van der Waals surface area contributed by atoms with Gasteiger partial charge in [-0.15, -0.1) is 0 Å². The van der Waals surface area contributed by atoms with Crippen LogP contribution in [0.25, 0.3) is 0 Å². The molecule has 0 fully saturated rings. The standard InChI is InChI=1S/C21H14Cl3F3N2O3S/c22-14-7-9-19(17(24)11-14)29(33(31,32)15-4-2-1-3-5-15)12-20(30)28-18-10-13(21(25,26)27)6-8-16(18)23/h1-11H,12H2,(H,28,30). The molecule has 0 aliphatic rings. The number of amides is 1. The summed E-state index contributed by atoms with van der Waals surface area (Å²) in [6.45, 7) is -0.800. The van der Waals surface area contributed by atoms with E-state index in [2.05, 4.69) is 5.32 Å². The van der Waals surface area contributed by atoms with Crippen molar-refractivity contribution in [2.45, 2.75) is 11.1 Å². The Morgan fingerprint density at radius 3 is 2.18 bits per heavy atom. The summed E-state index contributed by atoms with van der Waals surface area (Å²) in [7, 11) is -4.29. The zero-order valence-corrected chi connectivity index (χ0v) is 19.5. The number of alkyl halides is 3. The maximum Gasteiger partial charge on any atom is 0.416 e. The SMILES string of the molecule is O=C(CN(c1ccc(Cl)cc1Cl)S(=O)(=O)c1ccccc1)Nc1cc(C(F)(F)F)ccc1Cl. The number of rotatable bonds is 6. The van der Waals surface area contributed by atoms with Gasteiger partial charge in [0.15, 0.2) is 0 Å². The fourth-order valence-electron chi connectivity index (χ4n) is 2.82. The molecule has 0 radical (unpaired) electrons. The van der Waals surface area contributed by atoms with Crippen molar-refractivity contribution >= 4 is 62.1 Å². The number of halogens is 6. The van der Waals surface area contributed by atoms with E-state index in [1.165, 1.54) is 42.5 Å². The predicted octanol–water partition coefficient (Wildman–Crippen LogP) is 6.50. The van der Waals surface area contributed by atoms with Crippen LogP contribution in [0.5, 0.6) is 0 Å². The minimum atomic E-state index is -4.66. The van der Waals surface area contributed by atoms with Gasteiger partial charge in [-0.1, -0.05) is 53.0 Å². The van der Waals surface area contributed by atoms with Gasteiger partial charge in [-0.25, -0.2) is 8.42 Å². The number of anilines is 2.